The SMILES string of the molecule is C[C@H]1CC[C@@]2(OC1)OC1CC3C4CC[C@@H]5CC(O[C@@H]6O[C@H](CO)[C@@H](O)[C@H](O)[C@H]6O[C@@H]6O[C@H](CO)[C@@H](O)[C@H](O)[C@H]6O)CC[C@]5(C)C4CCC3(C)[C@@]1(O)[C@@H]2C. The van der Waals surface area contributed by atoms with Gasteiger partial charge in [-0.3, -0.25) is 0 Å². The van der Waals surface area contributed by atoms with Crippen LogP contribution in [0.25, 0.3) is 0 Å². The standard InChI is InChI=1S/C39H64O14/c1-18-7-12-38(48-17-18)19(2)39(47)27(53-38)14-24-22-6-5-20-13-21(8-10-36(20,3)23(22)9-11-37(24,39)4)49-35-33(31(45)29(43)26(16-41)51-35)52-34-32(46)30(44)28(42)25(15-40)50-34/h18-35,40-47H,5-17H2,1-4H3/t18-,19+,20+,21?,22?,23?,24?,25+,26+,27?,28+,29+,30-,31-,32+,33+,34-,35+,36-,37?,38+,39+/m0/s1. The first-order chi connectivity index (χ1) is 25.1. The quantitative estimate of drug-likeness (QED) is 0.174. The third kappa shape index (κ3) is 5.86. The molecular weight excluding hydrogens is 692 g/mol. The fourth-order valence-corrected chi connectivity index (χ4v) is 13.1. The van der Waals surface area contributed by atoms with Crippen LogP contribution < -0.4 is 0 Å². The van der Waals surface area contributed by atoms with Gasteiger partial charge >= 0.3 is 0 Å². The smallest absolute Gasteiger partial charge is 0.187 e. The first-order valence-electron chi connectivity index (χ1n) is 20.4. The molecule has 0 aromatic carbocycles. The molecule has 4 saturated heterocycles. The van der Waals surface area contributed by atoms with Crippen molar-refractivity contribution in [2.75, 3.05) is 19.8 Å². The molecule has 14 nitrogen and oxygen atoms in total. The molecule has 0 aromatic heterocycles. The molecule has 53 heavy (non-hydrogen) atoms. The lowest BCUT2D eigenvalue weighted by atomic mass is 9.44. The van der Waals surface area contributed by atoms with E-state index in [0.29, 0.717) is 36.2 Å². The Hall–Kier alpha value is -0.560. The van der Waals surface area contributed by atoms with Crippen molar-refractivity contribution in [2.24, 2.45) is 46.3 Å². The fraction of sp³-hybridized carbons (Fsp3) is 1.00. The molecule has 8 rings (SSSR count). The third-order valence-corrected chi connectivity index (χ3v) is 16.4. The molecule has 8 N–H and O–H groups in total. The second-order valence-electron chi connectivity index (χ2n) is 18.8. The molecule has 6 unspecified atom stereocenters. The maximum absolute atomic E-state index is 12.7. The summed E-state index contributed by atoms with van der Waals surface area (Å²) in [5.74, 6) is 1.43. The van der Waals surface area contributed by atoms with Gasteiger partial charge in [-0.25, -0.2) is 0 Å². The summed E-state index contributed by atoms with van der Waals surface area (Å²) in [5.41, 5.74) is -1.10. The molecule has 304 valence electrons. The molecule has 14 heteroatoms. The van der Waals surface area contributed by atoms with Crippen LogP contribution in [-0.2, 0) is 28.4 Å². The lowest BCUT2D eigenvalue weighted by Crippen LogP contribution is -2.65. The van der Waals surface area contributed by atoms with Gasteiger partial charge in [0.05, 0.1) is 32.0 Å². The van der Waals surface area contributed by atoms with Gasteiger partial charge in [0.2, 0.25) is 0 Å². The molecule has 8 fully saturated rings. The molecule has 22 atom stereocenters. The molecular formula is C39H64O14. The molecule has 0 aromatic rings. The van der Waals surface area contributed by atoms with E-state index >= 15 is 0 Å². The minimum Gasteiger partial charge on any atom is -0.394 e. The van der Waals surface area contributed by atoms with Crippen LogP contribution in [0.3, 0.4) is 0 Å². The van der Waals surface area contributed by atoms with Gasteiger partial charge in [0, 0.05) is 17.8 Å². The van der Waals surface area contributed by atoms with E-state index in [1.807, 2.05) is 0 Å². The van der Waals surface area contributed by atoms with Crippen LogP contribution in [0.15, 0.2) is 0 Å². The Labute approximate surface area is 312 Å². The minimum absolute atomic E-state index is 0.0731. The lowest BCUT2D eigenvalue weighted by Gasteiger charge is -2.62. The Balaban J connectivity index is 0.954. The fourth-order valence-electron chi connectivity index (χ4n) is 13.1. The van der Waals surface area contributed by atoms with Crippen molar-refractivity contribution in [2.45, 2.75) is 177 Å². The first kappa shape index (κ1) is 39.3. The van der Waals surface area contributed by atoms with Crippen LogP contribution in [0, 0.1) is 46.3 Å². The van der Waals surface area contributed by atoms with E-state index in [9.17, 15) is 40.9 Å². The van der Waals surface area contributed by atoms with Crippen molar-refractivity contribution in [3.05, 3.63) is 0 Å². The Morgan fingerprint density at radius 2 is 1.40 bits per heavy atom. The molecule has 4 aliphatic heterocycles. The van der Waals surface area contributed by atoms with Crippen molar-refractivity contribution >= 4 is 0 Å². The number of aliphatic hydroxyl groups is 8. The van der Waals surface area contributed by atoms with E-state index < -0.39 is 86.0 Å². The van der Waals surface area contributed by atoms with Crippen LogP contribution in [0.1, 0.15) is 91.9 Å². The highest BCUT2D eigenvalue weighted by atomic mass is 16.8. The topological polar surface area (TPSA) is 217 Å². The zero-order chi connectivity index (χ0) is 37.8. The van der Waals surface area contributed by atoms with Gasteiger partial charge in [0.25, 0.3) is 0 Å². The summed E-state index contributed by atoms with van der Waals surface area (Å²) in [7, 11) is 0. The van der Waals surface area contributed by atoms with Gasteiger partial charge in [-0.05, 0) is 92.8 Å². The van der Waals surface area contributed by atoms with E-state index in [1.165, 1.54) is 0 Å². The summed E-state index contributed by atoms with van der Waals surface area (Å²) in [6.07, 6.45) is -6.03. The average molecular weight is 757 g/mol. The highest BCUT2D eigenvalue weighted by molar-refractivity contribution is 5.23. The first-order valence-corrected chi connectivity index (χ1v) is 20.4. The van der Waals surface area contributed by atoms with Crippen molar-refractivity contribution < 1.29 is 69.3 Å². The van der Waals surface area contributed by atoms with Crippen LogP contribution in [-0.4, -0.2) is 146 Å². The van der Waals surface area contributed by atoms with Crippen molar-refractivity contribution in [1.29, 1.82) is 0 Å². The van der Waals surface area contributed by atoms with Gasteiger partial charge < -0.3 is 69.3 Å². The second-order valence-corrected chi connectivity index (χ2v) is 18.8. The Kier molecular flexibility index (Phi) is 10.4. The van der Waals surface area contributed by atoms with E-state index in [1.54, 1.807) is 0 Å². The number of fused-ring (bicyclic) bond motifs is 7. The van der Waals surface area contributed by atoms with E-state index in [2.05, 4.69) is 27.7 Å². The third-order valence-electron chi connectivity index (χ3n) is 16.4. The molecule has 4 heterocycles. The molecule has 0 amide bonds. The number of hydrogen-bond donors (Lipinski definition) is 8. The zero-order valence-electron chi connectivity index (χ0n) is 31.6. The van der Waals surface area contributed by atoms with Crippen molar-refractivity contribution in [3.8, 4) is 0 Å². The minimum atomic E-state index is -1.73. The highest BCUT2D eigenvalue weighted by Crippen LogP contribution is 2.72. The van der Waals surface area contributed by atoms with Crippen LogP contribution >= 0.6 is 0 Å². The normalized spacial score (nSPS) is 59.5. The van der Waals surface area contributed by atoms with E-state index in [4.69, 9.17) is 28.4 Å². The summed E-state index contributed by atoms with van der Waals surface area (Å²) in [5, 5.41) is 85.4. The average Bonchev–Trinajstić information content (AvgIpc) is 3.50. The van der Waals surface area contributed by atoms with E-state index in [0.717, 1.165) is 64.2 Å². The Morgan fingerprint density at radius 3 is 2.08 bits per heavy atom. The molecule has 8 aliphatic rings. The second kappa shape index (κ2) is 14.1. The van der Waals surface area contributed by atoms with E-state index in [-0.39, 0.29) is 29.0 Å². The van der Waals surface area contributed by atoms with Gasteiger partial charge in [0.1, 0.15) is 54.4 Å². The molecule has 0 radical (unpaired) electrons. The molecule has 4 saturated carbocycles. The van der Waals surface area contributed by atoms with Gasteiger partial charge in [-0.2, -0.15) is 0 Å². The number of rotatable bonds is 6. The largest absolute Gasteiger partial charge is 0.394 e. The maximum Gasteiger partial charge on any atom is 0.187 e. The summed E-state index contributed by atoms with van der Waals surface area (Å²) in [4.78, 5) is 0. The van der Waals surface area contributed by atoms with Crippen LogP contribution in [0.4, 0.5) is 0 Å². The van der Waals surface area contributed by atoms with Crippen molar-refractivity contribution in [3.63, 3.8) is 0 Å². The number of hydrogen-bond acceptors (Lipinski definition) is 14. The van der Waals surface area contributed by atoms with Crippen molar-refractivity contribution in [1.82, 2.24) is 0 Å². The number of aliphatic hydroxyl groups excluding tert-OH is 7. The van der Waals surface area contributed by atoms with Gasteiger partial charge in [0.15, 0.2) is 18.4 Å². The van der Waals surface area contributed by atoms with Crippen LogP contribution in [0.2, 0.25) is 0 Å². The summed E-state index contributed by atoms with van der Waals surface area (Å²) >= 11 is 0. The maximum atomic E-state index is 12.7. The van der Waals surface area contributed by atoms with Gasteiger partial charge in [-0.1, -0.05) is 27.7 Å². The highest BCUT2D eigenvalue weighted by Gasteiger charge is 2.76. The molecule has 0 bridgehead atoms. The Morgan fingerprint density at radius 1 is 0.698 bits per heavy atom. The predicted molar refractivity (Wildman–Crippen MR) is 184 cm³/mol. The Bertz CT molecular complexity index is 1310. The summed E-state index contributed by atoms with van der Waals surface area (Å²) < 4.78 is 37.2. The lowest BCUT2D eigenvalue weighted by molar-refractivity contribution is -0.373. The molecule has 1 spiro atoms. The number of ether oxygens (including phenoxy) is 6. The summed E-state index contributed by atoms with van der Waals surface area (Å²) in [6.45, 7) is 8.58. The van der Waals surface area contributed by atoms with Crippen LogP contribution in [0.5, 0.6) is 0 Å². The predicted octanol–water partition coefficient (Wildman–Crippen LogP) is 0.557. The van der Waals surface area contributed by atoms with Gasteiger partial charge in [-0.15, -0.1) is 0 Å². The molecule has 4 aliphatic carbocycles. The monoisotopic (exact) mass is 756 g/mol. The summed E-state index contributed by atoms with van der Waals surface area (Å²) in [6, 6.07) is 0. The zero-order valence-corrected chi connectivity index (χ0v) is 31.6.